The summed E-state index contributed by atoms with van der Waals surface area (Å²) in [5.41, 5.74) is 0. The maximum absolute atomic E-state index is 10.3. The predicted octanol–water partition coefficient (Wildman–Crippen LogP) is -0.608. The quantitative estimate of drug-likeness (QED) is 0.113. The maximum Gasteiger partial charge on any atom is 0.303 e. The molecule has 0 aliphatic heterocycles. The van der Waals surface area contributed by atoms with Crippen LogP contribution in [0.3, 0.4) is 0 Å². The van der Waals surface area contributed by atoms with E-state index in [9.17, 15) is 29.1 Å². The van der Waals surface area contributed by atoms with Crippen LogP contribution in [-0.2, 0) is 28.7 Å². The van der Waals surface area contributed by atoms with Gasteiger partial charge in [0.05, 0.1) is 0 Å². The second kappa shape index (κ2) is 37.8. The molecule has 14 nitrogen and oxygen atoms in total. The number of carboxylic acids is 1. The lowest BCUT2D eigenvalue weighted by molar-refractivity contribution is -0.154. The molecule has 0 heterocycles. The van der Waals surface area contributed by atoms with Crippen molar-refractivity contribution >= 4 is 29.8 Å². The number of carbonyl (C=O) groups is 5. The number of carboxylic acid groups (broad SMARTS) is 1. The number of aliphatic hydroxyl groups is 7. The number of aldehydes is 1. The Morgan fingerprint density at radius 2 is 1.21 bits per heavy atom. The number of esters is 1. The zero-order valence-corrected chi connectivity index (χ0v) is 24.4. The molecule has 0 saturated heterocycles. The zero-order valence-electron chi connectivity index (χ0n) is 24.4. The third-order valence-electron chi connectivity index (χ3n) is 3.25. The molecule has 0 fully saturated rings. The molecule has 0 aromatic heterocycles. The fourth-order valence-electron chi connectivity index (χ4n) is 1.18. The van der Waals surface area contributed by atoms with Crippen molar-refractivity contribution in [2.24, 2.45) is 0 Å². The fourth-order valence-corrected chi connectivity index (χ4v) is 1.18. The van der Waals surface area contributed by atoms with Gasteiger partial charge in [-0.2, -0.15) is 0 Å². The Bertz CT molecular complexity index is 575. The van der Waals surface area contributed by atoms with Gasteiger partial charge in [-0.25, -0.2) is 0 Å². The summed E-state index contributed by atoms with van der Waals surface area (Å²) in [4.78, 5) is 49.3. The van der Waals surface area contributed by atoms with Crippen LogP contribution in [0.15, 0.2) is 0 Å². The summed E-state index contributed by atoms with van der Waals surface area (Å²) in [5, 5.41) is 68.1. The second-order valence-electron chi connectivity index (χ2n) is 7.71. The predicted molar refractivity (Wildman–Crippen MR) is 143 cm³/mol. The van der Waals surface area contributed by atoms with Crippen LogP contribution in [0.5, 0.6) is 0 Å². The fraction of sp³-hybridized carbons (Fsp3) is 0.800. The van der Waals surface area contributed by atoms with E-state index in [0.717, 1.165) is 26.2 Å². The molecule has 5 atom stereocenters. The summed E-state index contributed by atoms with van der Waals surface area (Å²) in [6.07, 6.45) is -4.67. The monoisotopic (exact) mass is 576 g/mol. The van der Waals surface area contributed by atoms with E-state index < -0.39 is 49.1 Å². The first kappa shape index (κ1) is 49.6. The first-order chi connectivity index (χ1) is 17.9. The molecule has 8 N–H and O–H groups in total. The van der Waals surface area contributed by atoms with Crippen LogP contribution in [-0.4, -0.2) is 121 Å². The minimum absolute atomic E-state index is 0.0203. The van der Waals surface area contributed by atoms with Crippen molar-refractivity contribution in [1.82, 2.24) is 0 Å². The van der Waals surface area contributed by atoms with Crippen molar-refractivity contribution in [3.05, 3.63) is 0 Å². The SMILES string of the molecule is CC(=O)C(C)O.CC(=O)OC[C@@H](O)[C@@H](O)[C@H](O)[C@@H](O)C=O.CC(C)=O.CCCC(=O)O.CCCCO.CCO. The highest BCUT2D eigenvalue weighted by Crippen LogP contribution is 2.04. The highest BCUT2D eigenvalue weighted by molar-refractivity contribution is 5.79. The number of rotatable bonds is 11. The summed E-state index contributed by atoms with van der Waals surface area (Å²) in [6, 6.07) is 0. The zero-order chi connectivity index (χ0) is 32.6. The summed E-state index contributed by atoms with van der Waals surface area (Å²) in [7, 11) is 0. The average molecular weight is 577 g/mol. The number of hydrogen-bond donors (Lipinski definition) is 8. The molecule has 0 saturated carbocycles. The first-order valence-electron chi connectivity index (χ1n) is 12.3. The van der Waals surface area contributed by atoms with Crippen LogP contribution in [0.25, 0.3) is 0 Å². The number of carbonyl (C=O) groups excluding carboxylic acids is 4. The molecule has 0 spiro atoms. The highest BCUT2D eigenvalue weighted by Gasteiger charge is 2.30. The van der Waals surface area contributed by atoms with E-state index in [4.69, 9.17) is 35.7 Å². The van der Waals surface area contributed by atoms with Crippen LogP contribution in [0.1, 0.15) is 81.1 Å². The molecule has 0 rings (SSSR count). The summed E-state index contributed by atoms with van der Waals surface area (Å²) in [5.74, 6) is -1.39. The maximum atomic E-state index is 10.3. The van der Waals surface area contributed by atoms with Crippen molar-refractivity contribution in [2.45, 2.75) is 112 Å². The number of Topliss-reactive ketones (excluding diaryl/α,β-unsaturated/α-hetero) is 2. The molecule has 0 aliphatic carbocycles. The number of hydrogen-bond acceptors (Lipinski definition) is 13. The minimum Gasteiger partial charge on any atom is -0.481 e. The molecule has 39 heavy (non-hydrogen) atoms. The van der Waals surface area contributed by atoms with Gasteiger partial charge in [0, 0.05) is 26.6 Å². The Morgan fingerprint density at radius 3 is 1.36 bits per heavy atom. The van der Waals surface area contributed by atoms with Gasteiger partial charge >= 0.3 is 11.9 Å². The second-order valence-corrected chi connectivity index (χ2v) is 7.71. The average Bonchev–Trinajstić information content (AvgIpc) is 2.82. The molecule has 1 unspecified atom stereocenters. The van der Waals surface area contributed by atoms with Gasteiger partial charge in [0.25, 0.3) is 0 Å². The smallest absolute Gasteiger partial charge is 0.303 e. The summed E-state index contributed by atoms with van der Waals surface area (Å²) >= 11 is 0. The van der Waals surface area contributed by atoms with Crippen molar-refractivity contribution < 1.29 is 69.6 Å². The van der Waals surface area contributed by atoms with E-state index in [1.807, 2.05) is 6.92 Å². The van der Waals surface area contributed by atoms with Crippen LogP contribution in [0, 0.1) is 0 Å². The van der Waals surface area contributed by atoms with Crippen LogP contribution in [0.2, 0.25) is 0 Å². The van der Waals surface area contributed by atoms with E-state index in [1.165, 1.54) is 27.7 Å². The molecule has 236 valence electrons. The van der Waals surface area contributed by atoms with Gasteiger partial charge in [0.1, 0.15) is 42.9 Å². The first-order valence-corrected chi connectivity index (χ1v) is 12.3. The number of ketones is 2. The Hall–Kier alpha value is -2.33. The van der Waals surface area contributed by atoms with Gasteiger partial charge in [-0.15, -0.1) is 0 Å². The normalized spacial score (nSPS) is 12.8. The van der Waals surface area contributed by atoms with Gasteiger partial charge in [0.15, 0.2) is 12.1 Å². The van der Waals surface area contributed by atoms with Gasteiger partial charge in [-0.1, -0.05) is 20.3 Å². The molecule has 0 aliphatic rings. The van der Waals surface area contributed by atoms with Crippen LogP contribution in [0.4, 0.5) is 0 Å². The largest absolute Gasteiger partial charge is 0.481 e. The molecular weight excluding hydrogens is 524 g/mol. The lowest BCUT2D eigenvalue weighted by Crippen LogP contribution is -2.46. The van der Waals surface area contributed by atoms with Crippen LogP contribution >= 0.6 is 0 Å². The molecule has 0 aromatic carbocycles. The molecule has 0 radical (unpaired) electrons. The van der Waals surface area contributed by atoms with Gasteiger partial charge in [-0.3, -0.25) is 14.4 Å². The van der Waals surface area contributed by atoms with Crippen molar-refractivity contribution in [3.8, 4) is 0 Å². The van der Waals surface area contributed by atoms with E-state index in [1.54, 1.807) is 6.92 Å². The lowest BCUT2D eigenvalue weighted by Gasteiger charge is -2.23. The topological polar surface area (TPSA) is 256 Å². The standard InChI is InChI=1S/C8H14O7.2C4H8O2.C4H10O.C3H6O.C2H6O/c1-4(10)15-3-6(12)8(14)7(13)5(11)2-9;1-3(5)4(2)6;1-2-3-4(5)6;1-2-3-4-5;1-3(2)4;1-2-3/h2,5-8,11-14H,3H2,1H3;3,5H,1-2H3;2-3H2,1H3,(H,5,6);5H,2-4H2,1H3;1-2H3;3H,2H2,1H3/t5-,6+,7+,8+;;;;;/m0...../s1. The number of aliphatic carboxylic acids is 1. The lowest BCUT2D eigenvalue weighted by atomic mass is 10.0. The van der Waals surface area contributed by atoms with Crippen molar-refractivity contribution in [1.29, 1.82) is 0 Å². The molecular formula is C25H52O14. The minimum atomic E-state index is -1.83. The van der Waals surface area contributed by atoms with Crippen LogP contribution < -0.4 is 0 Å². The Balaban J connectivity index is -0.0000000945. The molecule has 0 amide bonds. The number of ether oxygens (including phenoxy) is 1. The Kier molecular flexibility index (Phi) is 48.1. The Labute approximate surface area is 231 Å². The molecule has 14 heteroatoms. The van der Waals surface area contributed by atoms with Crippen molar-refractivity contribution in [3.63, 3.8) is 0 Å². The third-order valence-corrected chi connectivity index (χ3v) is 3.25. The highest BCUT2D eigenvalue weighted by atomic mass is 16.5. The third kappa shape index (κ3) is 61.4. The Morgan fingerprint density at radius 1 is 0.821 bits per heavy atom. The number of unbranched alkanes of at least 4 members (excludes halogenated alkanes) is 1. The van der Waals surface area contributed by atoms with E-state index in [2.05, 4.69) is 11.7 Å². The summed E-state index contributed by atoms with van der Waals surface area (Å²) in [6.45, 7) is 12.6. The summed E-state index contributed by atoms with van der Waals surface area (Å²) < 4.78 is 4.36. The number of aliphatic hydroxyl groups excluding tert-OH is 7. The molecule has 0 bridgehead atoms. The van der Waals surface area contributed by atoms with Gasteiger partial charge in [-0.05, 0) is 47.5 Å². The molecule has 0 aromatic rings. The van der Waals surface area contributed by atoms with E-state index >= 15 is 0 Å². The van der Waals surface area contributed by atoms with Gasteiger partial charge in [0.2, 0.25) is 0 Å². The van der Waals surface area contributed by atoms with Crippen molar-refractivity contribution in [2.75, 3.05) is 19.8 Å². The van der Waals surface area contributed by atoms with E-state index in [0.29, 0.717) is 13.0 Å². The van der Waals surface area contributed by atoms with E-state index in [-0.39, 0.29) is 24.5 Å². The van der Waals surface area contributed by atoms with Gasteiger partial charge < -0.3 is 55.2 Å².